The molecule has 0 saturated carbocycles. The molecule has 5 heteroatoms. The summed E-state index contributed by atoms with van der Waals surface area (Å²) in [7, 11) is -3.28. The average molecular weight is 269 g/mol. The van der Waals surface area contributed by atoms with Crippen LogP contribution in [0.25, 0.3) is 0 Å². The van der Waals surface area contributed by atoms with E-state index < -0.39 is 14.6 Å². The second kappa shape index (κ2) is 5.10. The summed E-state index contributed by atoms with van der Waals surface area (Å²) in [4.78, 5) is 11.9. The largest absolute Gasteiger partial charge is 0.398 e. The molecule has 0 aliphatic rings. The normalized spacial score (nSPS) is 12.4. The van der Waals surface area contributed by atoms with E-state index in [4.69, 9.17) is 5.73 Å². The maximum atomic E-state index is 11.9. The summed E-state index contributed by atoms with van der Waals surface area (Å²) in [5.74, 6) is -0.384. The highest BCUT2D eigenvalue weighted by Gasteiger charge is 2.29. The van der Waals surface area contributed by atoms with Gasteiger partial charge in [0.1, 0.15) is 0 Å². The van der Waals surface area contributed by atoms with E-state index in [1.54, 1.807) is 45.0 Å². The number of sulfone groups is 1. The predicted octanol–water partition coefficient (Wildman–Crippen LogP) is 2.05. The summed E-state index contributed by atoms with van der Waals surface area (Å²) < 4.78 is 22.9. The first kappa shape index (κ1) is 14.7. The monoisotopic (exact) mass is 269 g/mol. The lowest BCUT2D eigenvalue weighted by atomic mass is 10.1. The molecule has 100 valence electrons. The van der Waals surface area contributed by atoms with Gasteiger partial charge < -0.3 is 5.73 Å². The molecule has 0 bridgehead atoms. The van der Waals surface area contributed by atoms with Gasteiger partial charge in [-0.25, -0.2) is 8.42 Å². The van der Waals surface area contributed by atoms with Crippen molar-refractivity contribution in [1.29, 1.82) is 0 Å². The first-order valence-electron chi connectivity index (χ1n) is 5.75. The number of carbonyl (C=O) groups is 1. The molecule has 1 rings (SSSR count). The Labute approximate surface area is 108 Å². The zero-order chi connectivity index (χ0) is 14.0. The number of hydrogen-bond donors (Lipinski definition) is 1. The summed E-state index contributed by atoms with van der Waals surface area (Å²) in [5.41, 5.74) is 6.45. The molecule has 0 radical (unpaired) electrons. The van der Waals surface area contributed by atoms with Crippen molar-refractivity contribution in [2.75, 3.05) is 11.5 Å². The molecule has 18 heavy (non-hydrogen) atoms. The number of carbonyl (C=O) groups excluding carboxylic acids is 1. The summed E-state index contributed by atoms with van der Waals surface area (Å²) in [6.45, 7) is 4.89. The van der Waals surface area contributed by atoms with Gasteiger partial charge in [-0.3, -0.25) is 4.79 Å². The van der Waals surface area contributed by atoms with E-state index >= 15 is 0 Å². The number of hydrogen-bond acceptors (Lipinski definition) is 4. The molecule has 0 unspecified atom stereocenters. The lowest BCUT2D eigenvalue weighted by molar-refractivity contribution is 0.0989. The van der Waals surface area contributed by atoms with Gasteiger partial charge in [0, 0.05) is 17.7 Å². The van der Waals surface area contributed by atoms with Crippen molar-refractivity contribution < 1.29 is 13.2 Å². The van der Waals surface area contributed by atoms with Crippen molar-refractivity contribution in [3.8, 4) is 0 Å². The van der Waals surface area contributed by atoms with Crippen LogP contribution in [-0.2, 0) is 9.84 Å². The number of nitrogen functional groups attached to an aromatic ring is 1. The van der Waals surface area contributed by atoms with Gasteiger partial charge in [0.2, 0.25) is 0 Å². The molecule has 0 saturated heterocycles. The van der Waals surface area contributed by atoms with Gasteiger partial charge in [-0.15, -0.1) is 0 Å². The molecule has 0 aliphatic heterocycles. The summed E-state index contributed by atoms with van der Waals surface area (Å²) in [6, 6.07) is 6.69. The Morgan fingerprint density at radius 3 is 2.28 bits per heavy atom. The third kappa shape index (κ3) is 3.32. The molecule has 2 N–H and O–H groups in total. The van der Waals surface area contributed by atoms with Crippen molar-refractivity contribution in [3.05, 3.63) is 29.8 Å². The zero-order valence-electron chi connectivity index (χ0n) is 10.9. The van der Waals surface area contributed by atoms with Crippen molar-refractivity contribution in [1.82, 2.24) is 0 Å². The number of anilines is 1. The van der Waals surface area contributed by atoms with Crippen LogP contribution in [0.1, 0.15) is 37.6 Å². The van der Waals surface area contributed by atoms with Gasteiger partial charge in [-0.2, -0.15) is 0 Å². The van der Waals surface area contributed by atoms with E-state index in [1.165, 1.54) is 0 Å². The van der Waals surface area contributed by atoms with Crippen LogP contribution in [0.2, 0.25) is 0 Å². The fourth-order valence-corrected chi connectivity index (χ4v) is 2.49. The highest BCUT2D eigenvalue weighted by atomic mass is 32.2. The quantitative estimate of drug-likeness (QED) is 0.670. The Morgan fingerprint density at radius 1 is 1.22 bits per heavy atom. The van der Waals surface area contributed by atoms with Crippen LogP contribution in [0, 0.1) is 0 Å². The Balaban J connectivity index is 2.78. The minimum atomic E-state index is -3.28. The molecular weight excluding hydrogens is 250 g/mol. The summed E-state index contributed by atoms with van der Waals surface area (Å²) in [6.07, 6.45) is -0.0339. The van der Waals surface area contributed by atoms with Gasteiger partial charge in [0.05, 0.1) is 10.5 Å². The topological polar surface area (TPSA) is 77.2 Å². The molecule has 0 aliphatic carbocycles. The Morgan fingerprint density at radius 2 is 1.78 bits per heavy atom. The van der Waals surface area contributed by atoms with Crippen molar-refractivity contribution in [2.24, 2.45) is 0 Å². The number of para-hydroxylation sites is 1. The fraction of sp³-hybridized carbons (Fsp3) is 0.462. The first-order valence-corrected chi connectivity index (χ1v) is 7.40. The molecule has 0 aromatic heterocycles. The van der Waals surface area contributed by atoms with Crippen LogP contribution < -0.4 is 5.73 Å². The summed E-state index contributed by atoms with van der Waals surface area (Å²) in [5, 5.41) is 0. The molecule has 1 aromatic rings. The molecule has 4 nitrogen and oxygen atoms in total. The van der Waals surface area contributed by atoms with Crippen LogP contribution in [0.4, 0.5) is 5.69 Å². The highest BCUT2D eigenvalue weighted by molar-refractivity contribution is 7.92. The maximum Gasteiger partial charge on any atom is 0.165 e. The van der Waals surface area contributed by atoms with Crippen molar-refractivity contribution in [3.63, 3.8) is 0 Å². The van der Waals surface area contributed by atoms with E-state index in [0.29, 0.717) is 11.3 Å². The lowest BCUT2D eigenvalue weighted by Crippen LogP contribution is -2.31. The van der Waals surface area contributed by atoms with Crippen molar-refractivity contribution in [2.45, 2.75) is 31.9 Å². The second-order valence-corrected chi connectivity index (χ2v) is 8.05. The van der Waals surface area contributed by atoms with E-state index in [1.807, 2.05) is 0 Å². The van der Waals surface area contributed by atoms with Crippen LogP contribution in [-0.4, -0.2) is 24.7 Å². The minimum absolute atomic E-state index is 0.0339. The number of benzene rings is 1. The SMILES string of the molecule is CC(C)(C)S(=O)(=O)CCC(=O)c1ccccc1N. The van der Waals surface area contributed by atoms with Crippen molar-refractivity contribution >= 4 is 21.3 Å². The first-order chi connectivity index (χ1) is 8.15. The Kier molecular flexibility index (Phi) is 4.16. The molecule has 0 heterocycles. The zero-order valence-corrected chi connectivity index (χ0v) is 11.8. The third-order valence-electron chi connectivity index (χ3n) is 2.79. The lowest BCUT2D eigenvalue weighted by Gasteiger charge is -2.18. The fourth-order valence-electron chi connectivity index (χ4n) is 1.42. The molecule has 0 fully saturated rings. The van der Waals surface area contributed by atoms with E-state index in [2.05, 4.69) is 0 Å². The molecule has 0 amide bonds. The highest BCUT2D eigenvalue weighted by Crippen LogP contribution is 2.19. The van der Waals surface area contributed by atoms with Crippen LogP contribution >= 0.6 is 0 Å². The van der Waals surface area contributed by atoms with Gasteiger partial charge >= 0.3 is 0 Å². The molecular formula is C13H19NO3S. The number of Topliss-reactive ketones (excluding diaryl/α,β-unsaturated/α-hetero) is 1. The molecule has 0 atom stereocenters. The van der Waals surface area contributed by atoms with Gasteiger partial charge in [-0.1, -0.05) is 12.1 Å². The summed E-state index contributed by atoms with van der Waals surface area (Å²) >= 11 is 0. The number of rotatable bonds is 4. The van der Waals surface area contributed by atoms with E-state index in [0.717, 1.165) is 0 Å². The maximum absolute atomic E-state index is 11.9. The van der Waals surface area contributed by atoms with Gasteiger partial charge in [0.15, 0.2) is 15.6 Å². The van der Waals surface area contributed by atoms with E-state index in [9.17, 15) is 13.2 Å². The van der Waals surface area contributed by atoms with E-state index in [-0.39, 0.29) is 18.0 Å². The number of ketones is 1. The molecule has 1 aromatic carbocycles. The predicted molar refractivity (Wildman–Crippen MR) is 73.3 cm³/mol. The average Bonchev–Trinajstić information content (AvgIpc) is 2.25. The smallest absolute Gasteiger partial charge is 0.165 e. The number of nitrogens with two attached hydrogens (primary N) is 1. The second-order valence-electron chi connectivity index (χ2n) is 5.19. The van der Waals surface area contributed by atoms with Crippen LogP contribution in [0.5, 0.6) is 0 Å². The van der Waals surface area contributed by atoms with Gasteiger partial charge in [-0.05, 0) is 32.9 Å². The Bertz CT molecular complexity index is 542. The van der Waals surface area contributed by atoms with Gasteiger partial charge in [0.25, 0.3) is 0 Å². The molecule has 0 spiro atoms. The Hall–Kier alpha value is -1.36. The van der Waals surface area contributed by atoms with Crippen LogP contribution in [0.3, 0.4) is 0 Å². The third-order valence-corrected chi connectivity index (χ3v) is 5.40. The standard InChI is InChI=1S/C13H19NO3S/c1-13(2,3)18(16,17)9-8-12(15)10-6-4-5-7-11(10)14/h4-7H,8-9,14H2,1-3H3. The van der Waals surface area contributed by atoms with Crippen LogP contribution in [0.15, 0.2) is 24.3 Å². The minimum Gasteiger partial charge on any atom is -0.398 e.